The maximum absolute atomic E-state index is 12.5. The van der Waals surface area contributed by atoms with Gasteiger partial charge in [0.1, 0.15) is 0 Å². The maximum Gasteiger partial charge on any atom is 0.311 e. The fourth-order valence-electron chi connectivity index (χ4n) is 2.93. The lowest BCUT2D eigenvalue weighted by molar-refractivity contribution is -0.147. The van der Waals surface area contributed by atoms with Gasteiger partial charge in [0.2, 0.25) is 0 Å². The largest absolute Gasteiger partial charge is 0.481 e. The fraction of sp³-hybridized carbons (Fsp3) is 0.263. The van der Waals surface area contributed by atoms with E-state index < -0.39 is 11.4 Å². The highest BCUT2D eigenvalue weighted by Gasteiger charge is 2.42. The quantitative estimate of drug-likeness (QED) is 0.946. The highest BCUT2D eigenvalue weighted by atomic mass is 16.4. The molecular weight excluding hydrogens is 290 g/mol. The summed E-state index contributed by atoms with van der Waals surface area (Å²) >= 11 is 0. The normalized spacial score (nSPS) is 20.5. The average Bonchev–Trinajstić information content (AvgIpc) is 2.99. The van der Waals surface area contributed by atoms with Crippen molar-refractivity contribution in [2.45, 2.75) is 13.3 Å². The van der Waals surface area contributed by atoms with Crippen LogP contribution in [0.5, 0.6) is 0 Å². The third kappa shape index (κ3) is 2.97. The Morgan fingerprint density at radius 1 is 1.00 bits per heavy atom. The molecule has 1 aliphatic heterocycles. The minimum Gasteiger partial charge on any atom is -0.481 e. The molecular formula is C19H19NO3. The Morgan fingerprint density at radius 2 is 1.61 bits per heavy atom. The lowest BCUT2D eigenvalue weighted by Crippen LogP contribution is -2.34. The zero-order valence-corrected chi connectivity index (χ0v) is 13.0. The Morgan fingerprint density at radius 3 is 2.17 bits per heavy atom. The number of benzene rings is 2. The first-order valence-corrected chi connectivity index (χ1v) is 7.68. The monoisotopic (exact) mass is 309 g/mol. The van der Waals surface area contributed by atoms with Crippen LogP contribution in [0.15, 0.2) is 54.6 Å². The van der Waals surface area contributed by atoms with Gasteiger partial charge in [-0.3, -0.25) is 9.59 Å². The molecule has 0 aliphatic carbocycles. The second kappa shape index (κ2) is 5.88. The predicted octanol–water partition coefficient (Wildman–Crippen LogP) is 3.29. The maximum atomic E-state index is 12.5. The van der Waals surface area contributed by atoms with E-state index in [1.807, 2.05) is 42.5 Å². The zero-order valence-electron chi connectivity index (χ0n) is 13.0. The predicted molar refractivity (Wildman–Crippen MR) is 88.1 cm³/mol. The molecule has 1 fully saturated rings. The van der Waals surface area contributed by atoms with Crippen LogP contribution in [0.25, 0.3) is 11.1 Å². The Balaban J connectivity index is 1.75. The number of nitrogens with zero attached hydrogens (tertiary/aromatic N) is 1. The minimum absolute atomic E-state index is 0.102. The first-order chi connectivity index (χ1) is 11.0. The van der Waals surface area contributed by atoms with Crippen LogP contribution in [0.2, 0.25) is 0 Å². The van der Waals surface area contributed by atoms with Crippen molar-refractivity contribution < 1.29 is 14.7 Å². The van der Waals surface area contributed by atoms with Crippen LogP contribution in [-0.2, 0) is 4.79 Å². The van der Waals surface area contributed by atoms with E-state index in [-0.39, 0.29) is 12.5 Å². The van der Waals surface area contributed by atoms with Crippen LogP contribution < -0.4 is 0 Å². The molecule has 1 heterocycles. The van der Waals surface area contributed by atoms with E-state index in [1.54, 1.807) is 24.0 Å². The summed E-state index contributed by atoms with van der Waals surface area (Å²) in [6.07, 6.45) is 0.496. The van der Waals surface area contributed by atoms with Crippen molar-refractivity contribution in [2.75, 3.05) is 13.1 Å². The van der Waals surface area contributed by atoms with Gasteiger partial charge in [-0.05, 0) is 36.6 Å². The zero-order chi connectivity index (χ0) is 16.4. The molecule has 1 atom stereocenters. The van der Waals surface area contributed by atoms with Gasteiger partial charge < -0.3 is 10.0 Å². The van der Waals surface area contributed by atoms with Gasteiger partial charge in [-0.1, -0.05) is 42.5 Å². The molecule has 23 heavy (non-hydrogen) atoms. The third-order valence-corrected chi connectivity index (χ3v) is 4.52. The average molecular weight is 309 g/mol. The number of carboxylic acids is 1. The Labute approximate surface area is 135 Å². The molecule has 0 radical (unpaired) electrons. The number of likely N-dealkylation sites (tertiary alicyclic amines) is 1. The summed E-state index contributed by atoms with van der Waals surface area (Å²) < 4.78 is 0. The van der Waals surface area contributed by atoms with E-state index in [9.17, 15) is 14.7 Å². The van der Waals surface area contributed by atoms with Crippen molar-refractivity contribution in [2.24, 2.45) is 5.41 Å². The van der Waals surface area contributed by atoms with Crippen molar-refractivity contribution >= 4 is 11.9 Å². The molecule has 118 valence electrons. The molecule has 2 aromatic rings. The second-order valence-electron chi connectivity index (χ2n) is 6.29. The third-order valence-electron chi connectivity index (χ3n) is 4.52. The Hall–Kier alpha value is -2.62. The SMILES string of the molecule is CC1(C(=O)O)CCN(C(=O)c2ccc(-c3ccccc3)cc2)C1. The van der Waals surface area contributed by atoms with Crippen LogP contribution in [0, 0.1) is 5.41 Å². The second-order valence-corrected chi connectivity index (χ2v) is 6.29. The van der Waals surface area contributed by atoms with Gasteiger partial charge in [-0.15, -0.1) is 0 Å². The van der Waals surface area contributed by atoms with Gasteiger partial charge in [-0.25, -0.2) is 0 Å². The number of rotatable bonds is 3. The number of carbonyl (C=O) groups is 2. The van der Waals surface area contributed by atoms with Crippen LogP contribution in [0.1, 0.15) is 23.7 Å². The topological polar surface area (TPSA) is 57.6 Å². The van der Waals surface area contributed by atoms with E-state index in [4.69, 9.17) is 0 Å². The van der Waals surface area contributed by atoms with Crippen molar-refractivity contribution in [3.63, 3.8) is 0 Å². The van der Waals surface area contributed by atoms with Gasteiger partial charge in [0.05, 0.1) is 5.41 Å². The first-order valence-electron chi connectivity index (χ1n) is 7.68. The minimum atomic E-state index is -0.841. The van der Waals surface area contributed by atoms with E-state index in [2.05, 4.69) is 0 Å². The van der Waals surface area contributed by atoms with Gasteiger partial charge in [0.25, 0.3) is 5.91 Å². The summed E-state index contributed by atoms with van der Waals surface area (Å²) in [5, 5.41) is 9.27. The summed E-state index contributed by atoms with van der Waals surface area (Å²) in [7, 11) is 0. The van der Waals surface area contributed by atoms with E-state index in [1.165, 1.54) is 0 Å². The van der Waals surface area contributed by atoms with Crippen molar-refractivity contribution in [3.8, 4) is 11.1 Å². The molecule has 0 spiro atoms. The van der Waals surface area contributed by atoms with Gasteiger partial charge in [0, 0.05) is 18.7 Å². The first kappa shape index (κ1) is 15.3. The molecule has 2 aromatic carbocycles. The molecule has 4 heteroatoms. The van der Waals surface area contributed by atoms with Crippen LogP contribution in [0.4, 0.5) is 0 Å². The lowest BCUT2D eigenvalue weighted by Gasteiger charge is -2.20. The summed E-state index contributed by atoms with van der Waals surface area (Å²) in [5.74, 6) is -0.943. The van der Waals surface area contributed by atoms with Crippen molar-refractivity contribution in [3.05, 3.63) is 60.2 Å². The summed E-state index contributed by atoms with van der Waals surface area (Å²) in [4.78, 5) is 25.5. The van der Waals surface area contributed by atoms with Crippen LogP contribution in [-0.4, -0.2) is 35.0 Å². The van der Waals surface area contributed by atoms with Crippen molar-refractivity contribution in [1.82, 2.24) is 4.90 Å². The van der Waals surface area contributed by atoms with Crippen LogP contribution >= 0.6 is 0 Å². The Bertz CT molecular complexity index is 724. The molecule has 0 aromatic heterocycles. The highest BCUT2D eigenvalue weighted by Crippen LogP contribution is 2.31. The number of amides is 1. The number of aliphatic carboxylic acids is 1. The van der Waals surface area contributed by atoms with E-state index in [0.717, 1.165) is 11.1 Å². The van der Waals surface area contributed by atoms with Gasteiger partial charge >= 0.3 is 5.97 Å². The van der Waals surface area contributed by atoms with Gasteiger partial charge in [-0.2, -0.15) is 0 Å². The highest BCUT2D eigenvalue weighted by molar-refractivity contribution is 5.95. The van der Waals surface area contributed by atoms with Crippen LogP contribution in [0.3, 0.4) is 0 Å². The number of carbonyl (C=O) groups excluding carboxylic acids is 1. The number of hydrogen-bond donors (Lipinski definition) is 1. The van der Waals surface area contributed by atoms with E-state index in [0.29, 0.717) is 18.5 Å². The van der Waals surface area contributed by atoms with Crippen molar-refractivity contribution in [1.29, 1.82) is 0 Å². The smallest absolute Gasteiger partial charge is 0.311 e. The molecule has 0 saturated carbocycles. The molecule has 3 rings (SSSR count). The summed E-state index contributed by atoms with van der Waals surface area (Å²) in [5.41, 5.74) is 1.92. The fourth-order valence-corrected chi connectivity index (χ4v) is 2.93. The Kier molecular flexibility index (Phi) is 3.90. The molecule has 1 amide bonds. The number of carboxylic acid groups (broad SMARTS) is 1. The molecule has 1 unspecified atom stereocenters. The number of hydrogen-bond acceptors (Lipinski definition) is 2. The molecule has 1 saturated heterocycles. The van der Waals surface area contributed by atoms with Gasteiger partial charge in [0.15, 0.2) is 0 Å². The molecule has 1 aliphatic rings. The lowest BCUT2D eigenvalue weighted by atomic mass is 9.90. The summed E-state index contributed by atoms with van der Waals surface area (Å²) in [6.45, 7) is 2.45. The van der Waals surface area contributed by atoms with E-state index >= 15 is 0 Å². The summed E-state index contributed by atoms with van der Waals surface area (Å²) in [6, 6.07) is 17.4. The molecule has 4 nitrogen and oxygen atoms in total. The molecule has 0 bridgehead atoms. The standard InChI is InChI=1S/C19H19NO3/c1-19(18(22)23)11-12-20(13-19)17(21)16-9-7-15(8-10-16)14-5-3-2-4-6-14/h2-10H,11-13H2,1H3,(H,22,23). The molecule has 1 N–H and O–H groups in total.